The molecule has 0 bridgehead atoms. The Morgan fingerprint density at radius 3 is 2.43 bits per heavy atom. The molecule has 2 saturated heterocycles. The van der Waals surface area contributed by atoms with E-state index in [0.717, 1.165) is 96.2 Å². The van der Waals surface area contributed by atoms with Crippen LogP contribution in [0.5, 0.6) is 0 Å². The molecule has 2 saturated carbocycles. The van der Waals surface area contributed by atoms with E-state index in [2.05, 4.69) is 26.0 Å². The van der Waals surface area contributed by atoms with Crippen molar-refractivity contribution >= 4 is 11.8 Å². The Balaban J connectivity index is 1.46. The van der Waals surface area contributed by atoms with Gasteiger partial charge in [0.15, 0.2) is 12.6 Å². The van der Waals surface area contributed by atoms with Crippen LogP contribution < -0.4 is 0 Å². The van der Waals surface area contributed by atoms with Gasteiger partial charge in [0.1, 0.15) is 5.78 Å². The van der Waals surface area contributed by atoms with E-state index in [4.69, 9.17) is 23.7 Å². The van der Waals surface area contributed by atoms with Crippen molar-refractivity contribution in [3.8, 4) is 0 Å². The Hall–Kier alpha value is -1.28. The SMILES string of the molecule is CCCC1CCC(C)([C@@H](C=C[C@H]2[C@H](OC3CCCCO3)CC(=O)[C@@H]2CCCCCCC(=O)OC)OC2CCCCO2)C1. The second kappa shape index (κ2) is 17.3. The Morgan fingerprint density at radius 1 is 1.00 bits per heavy atom. The molecule has 2 heterocycles. The average molecular weight is 591 g/mol. The summed E-state index contributed by atoms with van der Waals surface area (Å²) in [6.07, 6.45) is 22.0. The summed E-state index contributed by atoms with van der Waals surface area (Å²) >= 11 is 0. The van der Waals surface area contributed by atoms with Gasteiger partial charge in [-0.25, -0.2) is 0 Å². The summed E-state index contributed by atoms with van der Waals surface area (Å²) in [6.45, 7) is 6.18. The number of ketones is 1. The van der Waals surface area contributed by atoms with E-state index >= 15 is 0 Å². The summed E-state index contributed by atoms with van der Waals surface area (Å²) < 4.78 is 30.0. The number of unbranched alkanes of at least 4 members (excludes halogenated alkanes) is 3. The highest BCUT2D eigenvalue weighted by Gasteiger charge is 2.45. The van der Waals surface area contributed by atoms with Crippen molar-refractivity contribution in [1.29, 1.82) is 0 Å². The van der Waals surface area contributed by atoms with Gasteiger partial charge in [0, 0.05) is 37.9 Å². The normalized spacial score (nSPS) is 34.7. The zero-order chi connectivity index (χ0) is 29.8. The number of Topliss-reactive ketones (excluding diaryl/α,β-unsaturated/α-hetero) is 1. The van der Waals surface area contributed by atoms with Crippen molar-refractivity contribution in [2.75, 3.05) is 20.3 Å². The molecule has 4 aliphatic rings. The highest BCUT2D eigenvalue weighted by molar-refractivity contribution is 5.84. The fraction of sp³-hybridized carbons (Fsp3) is 0.886. The van der Waals surface area contributed by atoms with E-state index in [-0.39, 0.29) is 48.0 Å². The van der Waals surface area contributed by atoms with Gasteiger partial charge < -0.3 is 23.7 Å². The van der Waals surface area contributed by atoms with Gasteiger partial charge in [0.05, 0.1) is 19.3 Å². The van der Waals surface area contributed by atoms with Gasteiger partial charge in [-0.15, -0.1) is 0 Å². The van der Waals surface area contributed by atoms with Gasteiger partial charge in [-0.2, -0.15) is 0 Å². The van der Waals surface area contributed by atoms with Crippen molar-refractivity contribution < 1.29 is 33.3 Å². The molecule has 7 heteroatoms. The Morgan fingerprint density at radius 2 is 1.74 bits per heavy atom. The van der Waals surface area contributed by atoms with Crippen LogP contribution >= 0.6 is 0 Å². The molecule has 240 valence electrons. The van der Waals surface area contributed by atoms with Crippen LogP contribution in [-0.2, 0) is 33.3 Å². The van der Waals surface area contributed by atoms with Crippen LogP contribution in [-0.4, -0.2) is 56.9 Å². The maximum absolute atomic E-state index is 13.4. The molecule has 0 aromatic rings. The maximum atomic E-state index is 13.4. The minimum atomic E-state index is -0.214. The Kier molecular flexibility index (Phi) is 13.8. The number of rotatable bonds is 16. The molecule has 8 atom stereocenters. The lowest BCUT2D eigenvalue weighted by atomic mass is 9.79. The minimum absolute atomic E-state index is 0.0212. The molecule has 0 aromatic heterocycles. The van der Waals surface area contributed by atoms with Gasteiger partial charge in [0.2, 0.25) is 0 Å². The molecular weight excluding hydrogens is 532 g/mol. The van der Waals surface area contributed by atoms with Crippen molar-refractivity contribution in [1.82, 2.24) is 0 Å². The van der Waals surface area contributed by atoms with Gasteiger partial charge in [-0.05, 0) is 82.0 Å². The van der Waals surface area contributed by atoms with E-state index in [1.807, 2.05) is 0 Å². The first-order valence-corrected chi connectivity index (χ1v) is 17.2. The molecular formula is C35H58O7. The van der Waals surface area contributed by atoms with Crippen LogP contribution in [0, 0.1) is 23.2 Å². The van der Waals surface area contributed by atoms with E-state index < -0.39 is 0 Å². The Bertz CT molecular complexity index is 846. The van der Waals surface area contributed by atoms with Crippen LogP contribution in [0.2, 0.25) is 0 Å². The first-order valence-electron chi connectivity index (χ1n) is 17.2. The molecule has 0 radical (unpaired) electrons. The molecule has 0 amide bonds. The van der Waals surface area contributed by atoms with E-state index in [1.165, 1.54) is 32.8 Å². The smallest absolute Gasteiger partial charge is 0.305 e. The third-order valence-electron chi connectivity index (χ3n) is 10.3. The van der Waals surface area contributed by atoms with Crippen LogP contribution in [0.1, 0.15) is 129 Å². The number of hydrogen-bond donors (Lipinski definition) is 0. The molecule has 4 fully saturated rings. The van der Waals surface area contributed by atoms with Crippen molar-refractivity contribution in [2.45, 2.75) is 154 Å². The van der Waals surface area contributed by atoms with Crippen LogP contribution in [0.15, 0.2) is 12.2 Å². The van der Waals surface area contributed by atoms with E-state index in [0.29, 0.717) is 18.6 Å². The number of methoxy groups -OCH3 is 1. The minimum Gasteiger partial charge on any atom is -0.469 e. The fourth-order valence-electron chi connectivity index (χ4n) is 7.78. The standard InChI is InChI=1S/C35H58O7/c1-4-13-26-20-21-35(2,25-26)31(42-34-17-10-12-23-40-34)19-18-28-27(14-7-5-6-8-15-32(37)38-3)29(36)24-30(28)41-33-16-9-11-22-39-33/h18-19,26-28,30-31,33-34H,4-17,20-25H2,1-3H3/t26?,27-,28-,30-,31-,33?,34?,35?/m1/s1. The van der Waals surface area contributed by atoms with Gasteiger partial charge >= 0.3 is 5.97 Å². The van der Waals surface area contributed by atoms with E-state index in [9.17, 15) is 9.59 Å². The number of carbonyl (C=O) groups is 2. The lowest BCUT2D eigenvalue weighted by molar-refractivity contribution is -0.199. The maximum Gasteiger partial charge on any atom is 0.305 e. The molecule has 0 aromatic carbocycles. The molecule has 2 aliphatic heterocycles. The van der Waals surface area contributed by atoms with Crippen LogP contribution in [0.4, 0.5) is 0 Å². The predicted molar refractivity (Wildman–Crippen MR) is 163 cm³/mol. The third kappa shape index (κ3) is 9.87. The summed E-state index contributed by atoms with van der Waals surface area (Å²) in [7, 11) is 1.44. The number of carbonyl (C=O) groups excluding carboxylic acids is 2. The largest absolute Gasteiger partial charge is 0.469 e. The Labute approximate surface area is 254 Å². The number of hydrogen-bond acceptors (Lipinski definition) is 7. The van der Waals surface area contributed by atoms with Crippen LogP contribution in [0.3, 0.4) is 0 Å². The molecule has 0 N–H and O–H groups in total. The second-order valence-corrected chi connectivity index (χ2v) is 13.6. The zero-order valence-corrected chi connectivity index (χ0v) is 26.7. The molecule has 0 spiro atoms. The monoisotopic (exact) mass is 590 g/mol. The van der Waals surface area contributed by atoms with Crippen LogP contribution in [0.25, 0.3) is 0 Å². The quantitative estimate of drug-likeness (QED) is 0.104. The number of esters is 1. The second-order valence-electron chi connectivity index (χ2n) is 13.6. The third-order valence-corrected chi connectivity index (χ3v) is 10.3. The molecule has 7 nitrogen and oxygen atoms in total. The van der Waals surface area contributed by atoms with Crippen molar-refractivity contribution in [3.05, 3.63) is 12.2 Å². The summed E-state index contributed by atoms with van der Waals surface area (Å²) in [4.78, 5) is 24.9. The van der Waals surface area contributed by atoms with Crippen molar-refractivity contribution in [3.63, 3.8) is 0 Å². The first-order chi connectivity index (χ1) is 20.4. The summed E-state index contributed by atoms with van der Waals surface area (Å²) in [6, 6.07) is 0. The summed E-state index contributed by atoms with van der Waals surface area (Å²) in [5, 5.41) is 0. The predicted octanol–water partition coefficient (Wildman–Crippen LogP) is 7.69. The molecule has 42 heavy (non-hydrogen) atoms. The zero-order valence-electron chi connectivity index (χ0n) is 26.7. The highest BCUT2D eigenvalue weighted by Crippen LogP contribution is 2.48. The lowest BCUT2D eigenvalue weighted by Crippen LogP contribution is -2.37. The molecule has 4 unspecified atom stereocenters. The van der Waals surface area contributed by atoms with Gasteiger partial charge in [0.25, 0.3) is 0 Å². The highest BCUT2D eigenvalue weighted by atomic mass is 16.7. The first kappa shape index (κ1) is 33.6. The topological polar surface area (TPSA) is 80.3 Å². The average Bonchev–Trinajstić information content (AvgIpc) is 3.52. The summed E-state index contributed by atoms with van der Waals surface area (Å²) in [5.74, 6) is 0.886. The van der Waals surface area contributed by atoms with Gasteiger partial charge in [-0.1, -0.05) is 58.1 Å². The summed E-state index contributed by atoms with van der Waals surface area (Å²) in [5.41, 5.74) is 0.0672. The fourth-order valence-corrected chi connectivity index (χ4v) is 7.78. The molecule has 2 aliphatic carbocycles. The number of ether oxygens (including phenoxy) is 5. The van der Waals surface area contributed by atoms with Gasteiger partial charge in [-0.3, -0.25) is 9.59 Å². The molecule has 4 rings (SSSR count). The lowest BCUT2D eigenvalue weighted by Gasteiger charge is -2.37. The van der Waals surface area contributed by atoms with E-state index in [1.54, 1.807) is 0 Å². The van der Waals surface area contributed by atoms with Crippen molar-refractivity contribution in [2.24, 2.45) is 23.2 Å².